The lowest BCUT2D eigenvalue weighted by Gasteiger charge is -2.07. The van der Waals surface area contributed by atoms with E-state index in [1.165, 1.54) is 0 Å². The lowest BCUT2D eigenvalue weighted by Crippen LogP contribution is -2.32. The highest BCUT2D eigenvalue weighted by Crippen LogP contribution is 2.14. The van der Waals surface area contributed by atoms with Gasteiger partial charge >= 0.3 is 0 Å². The molecule has 0 saturated heterocycles. The SMILES string of the molecule is CCCNCCNC(=O)c1cc(C)cc(Cl)c1.Cl. The zero-order valence-electron chi connectivity index (χ0n) is 10.8. The molecule has 5 heteroatoms. The Labute approximate surface area is 120 Å². The van der Waals surface area contributed by atoms with Crippen LogP contribution in [0.3, 0.4) is 0 Å². The molecule has 0 aliphatic carbocycles. The predicted molar refractivity (Wildman–Crippen MR) is 78.9 cm³/mol. The minimum Gasteiger partial charge on any atom is -0.351 e. The number of aryl methyl sites for hydroxylation is 1. The minimum atomic E-state index is -0.0751. The standard InChI is InChI=1S/C13H19ClN2O.ClH/c1-3-4-15-5-6-16-13(17)11-7-10(2)8-12(14)9-11;/h7-9,15H,3-6H2,1-2H3,(H,16,17);1H. The summed E-state index contributed by atoms with van der Waals surface area (Å²) < 4.78 is 0. The van der Waals surface area contributed by atoms with E-state index in [0.29, 0.717) is 17.1 Å². The number of halogens is 2. The molecule has 0 aromatic heterocycles. The van der Waals surface area contributed by atoms with Gasteiger partial charge in [0.05, 0.1) is 0 Å². The molecule has 1 amide bonds. The molecule has 18 heavy (non-hydrogen) atoms. The smallest absolute Gasteiger partial charge is 0.251 e. The number of benzene rings is 1. The van der Waals surface area contributed by atoms with Gasteiger partial charge in [0.15, 0.2) is 0 Å². The second kappa shape index (κ2) is 9.20. The van der Waals surface area contributed by atoms with Gasteiger partial charge in [-0.15, -0.1) is 12.4 Å². The van der Waals surface area contributed by atoms with Gasteiger partial charge in [0, 0.05) is 23.7 Å². The molecule has 0 unspecified atom stereocenters. The third-order valence-electron chi connectivity index (χ3n) is 2.32. The first-order valence-corrected chi connectivity index (χ1v) is 6.27. The van der Waals surface area contributed by atoms with Crippen molar-refractivity contribution in [2.24, 2.45) is 0 Å². The minimum absolute atomic E-state index is 0. The van der Waals surface area contributed by atoms with Crippen molar-refractivity contribution >= 4 is 29.9 Å². The van der Waals surface area contributed by atoms with Gasteiger partial charge in [0.1, 0.15) is 0 Å². The lowest BCUT2D eigenvalue weighted by molar-refractivity contribution is 0.0954. The summed E-state index contributed by atoms with van der Waals surface area (Å²) in [6.45, 7) is 6.43. The van der Waals surface area contributed by atoms with E-state index < -0.39 is 0 Å². The van der Waals surface area contributed by atoms with Crippen LogP contribution >= 0.6 is 24.0 Å². The molecule has 102 valence electrons. The second-order valence-electron chi connectivity index (χ2n) is 4.02. The summed E-state index contributed by atoms with van der Waals surface area (Å²) in [6.07, 6.45) is 1.10. The van der Waals surface area contributed by atoms with Crippen LogP contribution in [0.15, 0.2) is 18.2 Å². The molecular formula is C13H20Cl2N2O. The molecule has 0 aliphatic rings. The first-order valence-electron chi connectivity index (χ1n) is 5.89. The van der Waals surface area contributed by atoms with E-state index in [2.05, 4.69) is 17.6 Å². The summed E-state index contributed by atoms with van der Waals surface area (Å²) >= 11 is 5.90. The number of amides is 1. The van der Waals surface area contributed by atoms with Gasteiger partial charge < -0.3 is 10.6 Å². The Kier molecular flexibility index (Phi) is 8.81. The van der Waals surface area contributed by atoms with Crippen LogP contribution in [0.4, 0.5) is 0 Å². The Hall–Kier alpha value is -0.770. The Morgan fingerprint density at radius 2 is 1.94 bits per heavy atom. The molecule has 0 fully saturated rings. The van der Waals surface area contributed by atoms with Crippen LogP contribution < -0.4 is 10.6 Å². The Bertz CT molecular complexity index is 363. The van der Waals surface area contributed by atoms with E-state index in [1.54, 1.807) is 6.07 Å². The molecule has 1 aromatic rings. The average molecular weight is 291 g/mol. The quantitative estimate of drug-likeness (QED) is 0.791. The van der Waals surface area contributed by atoms with Gasteiger partial charge in [-0.2, -0.15) is 0 Å². The third-order valence-corrected chi connectivity index (χ3v) is 2.54. The van der Waals surface area contributed by atoms with E-state index in [1.807, 2.05) is 19.1 Å². The Balaban J connectivity index is 0.00000289. The highest BCUT2D eigenvalue weighted by molar-refractivity contribution is 6.31. The van der Waals surface area contributed by atoms with Crippen LogP contribution in [0.25, 0.3) is 0 Å². The number of nitrogens with one attached hydrogen (secondary N) is 2. The Morgan fingerprint density at radius 3 is 2.56 bits per heavy atom. The highest BCUT2D eigenvalue weighted by atomic mass is 35.5. The number of carbonyl (C=O) groups is 1. The summed E-state index contributed by atoms with van der Waals surface area (Å²) in [6, 6.07) is 5.35. The van der Waals surface area contributed by atoms with E-state index >= 15 is 0 Å². The molecule has 0 aliphatic heterocycles. The number of hydrogen-bond acceptors (Lipinski definition) is 2. The van der Waals surface area contributed by atoms with Crippen molar-refractivity contribution in [3.8, 4) is 0 Å². The summed E-state index contributed by atoms with van der Waals surface area (Å²) in [7, 11) is 0. The van der Waals surface area contributed by atoms with E-state index in [0.717, 1.165) is 25.1 Å². The highest BCUT2D eigenvalue weighted by Gasteiger charge is 2.05. The van der Waals surface area contributed by atoms with Crippen molar-refractivity contribution in [3.05, 3.63) is 34.3 Å². The van der Waals surface area contributed by atoms with Gasteiger partial charge in [0.25, 0.3) is 5.91 Å². The van der Waals surface area contributed by atoms with Crippen molar-refractivity contribution in [2.75, 3.05) is 19.6 Å². The third kappa shape index (κ3) is 6.24. The summed E-state index contributed by atoms with van der Waals surface area (Å²) in [5, 5.41) is 6.67. The van der Waals surface area contributed by atoms with Gasteiger partial charge in [-0.25, -0.2) is 0 Å². The van der Waals surface area contributed by atoms with Crippen molar-refractivity contribution in [1.29, 1.82) is 0 Å². The Morgan fingerprint density at radius 1 is 1.22 bits per heavy atom. The van der Waals surface area contributed by atoms with Gasteiger partial charge in [0.2, 0.25) is 0 Å². The molecular weight excluding hydrogens is 271 g/mol. The number of hydrogen-bond donors (Lipinski definition) is 2. The molecule has 0 atom stereocenters. The summed E-state index contributed by atoms with van der Waals surface area (Å²) in [5.41, 5.74) is 1.61. The molecule has 1 rings (SSSR count). The molecule has 0 radical (unpaired) electrons. The molecule has 0 heterocycles. The van der Waals surface area contributed by atoms with Gasteiger partial charge in [-0.3, -0.25) is 4.79 Å². The van der Waals surface area contributed by atoms with Crippen LogP contribution in [0.2, 0.25) is 5.02 Å². The molecule has 3 nitrogen and oxygen atoms in total. The van der Waals surface area contributed by atoms with Gasteiger partial charge in [-0.1, -0.05) is 18.5 Å². The van der Waals surface area contributed by atoms with Crippen molar-refractivity contribution in [2.45, 2.75) is 20.3 Å². The van der Waals surface area contributed by atoms with Crippen molar-refractivity contribution in [1.82, 2.24) is 10.6 Å². The molecule has 0 spiro atoms. The van der Waals surface area contributed by atoms with E-state index in [4.69, 9.17) is 11.6 Å². The summed E-state index contributed by atoms with van der Waals surface area (Å²) in [5.74, 6) is -0.0751. The van der Waals surface area contributed by atoms with Gasteiger partial charge in [-0.05, 0) is 43.7 Å². The number of carbonyl (C=O) groups excluding carboxylic acids is 1. The monoisotopic (exact) mass is 290 g/mol. The second-order valence-corrected chi connectivity index (χ2v) is 4.46. The van der Waals surface area contributed by atoms with E-state index in [9.17, 15) is 4.79 Å². The fourth-order valence-electron chi connectivity index (χ4n) is 1.54. The molecule has 1 aromatic carbocycles. The maximum Gasteiger partial charge on any atom is 0.251 e. The zero-order valence-corrected chi connectivity index (χ0v) is 12.3. The van der Waals surface area contributed by atoms with Crippen LogP contribution in [0.1, 0.15) is 29.3 Å². The van der Waals surface area contributed by atoms with E-state index in [-0.39, 0.29) is 18.3 Å². The fourth-order valence-corrected chi connectivity index (χ4v) is 1.83. The molecule has 2 N–H and O–H groups in total. The summed E-state index contributed by atoms with van der Waals surface area (Å²) in [4.78, 5) is 11.8. The normalized spacial score (nSPS) is 9.72. The topological polar surface area (TPSA) is 41.1 Å². The average Bonchev–Trinajstić information content (AvgIpc) is 2.27. The zero-order chi connectivity index (χ0) is 12.7. The maximum atomic E-state index is 11.8. The number of rotatable bonds is 6. The molecule has 0 saturated carbocycles. The van der Waals surface area contributed by atoms with Crippen LogP contribution in [-0.4, -0.2) is 25.5 Å². The first-order chi connectivity index (χ1) is 8.13. The van der Waals surface area contributed by atoms with Crippen molar-refractivity contribution in [3.63, 3.8) is 0 Å². The van der Waals surface area contributed by atoms with Crippen LogP contribution in [-0.2, 0) is 0 Å². The lowest BCUT2D eigenvalue weighted by atomic mass is 10.1. The maximum absolute atomic E-state index is 11.8. The first kappa shape index (κ1) is 17.2. The predicted octanol–water partition coefficient (Wildman–Crippen LogP) is 2.80. The fraction of sp³-hybridized carbons (Fsp3) is 0.462. The molecule has 0 bridgehead atoms. The largest absolute Gasteiger partial charge is 0.351 e. The van der Waals surface area contributed by atoms with Crippen LogP contribution in [0, 0.1) is 6.92 Å². The van der Waals surface area contributed by atoms with Crippen molar-refractivity contribution < 1.29 is 4.79 Å². The van der Waals surface area contributed by atoms with Crippen LogP contribution in [0.5, 0.6) is 0 Å².